The second-order valence-corrected chi connectivity index (χ2v) is 9.51. The largest absolute Gasteiger partial charge is 1.00 e. The number of thiol groups is 2. The van der Waals surface area contributed by atoms with E-state index in [1.54, 1.807) is 0 Å². The summed E-state index contributed by atoms with van der Waals surface area (Å²) in [7, 11) is 0. The minimum absolute atomic E-state index is 0. The summed E-state index contributed by atoms with van der Waals surface area (Å²) in [5, 5.41) is 0. The minimum Gasteiger partial charge on any atom is -1.00 e. The van der Waals surface area contributed by atoms with Crippen molar-refractivity contribution in [3.05, 3.63) is 0 Å². The SMILES string of the molecule is CC(C)COC([S-])[S-].CC(C)COC([S-])[S-].CC(C)COC([S-])[S-].[Re].[Re].[S-][S-].[SH-].[SH-]. The molecule has 0 spiro atoms. The van der Waals surface area contributed by atoms with Crippen LogP contribution >= 0.6 is 0 Å². The molecule has 0 bridgehead atoms. The van der Waals surface area contributed by atoms with Gasteiger partial charge in [0.25, 0.3) is 0 Å². The molecule has 0 saturated carbocycles. The Morgan fingerprint density at radius 1 is 0.467 bits per heavy atom. The summed E-state index contributed by atoms with van der Waals surface area (Å²) in [6.07, 6.45) is 0. The zero-order valence-corrected chi connectivity index (χ0v) is 31.5. The quantitative estimate of drug-likeness (QED) is 0.193. The third-order valence-electron chi connectivity index (χ3n) is 1.70. The van der Waals surface area contributed by atoms with Crippen molar-refractivity contribution in [3.63, 3.8) is 0 Å². The molecule has 0 saturated heterocycles. The maximum Gasteiger partial charge on any atom is 0.0440 e. The van der Waals surface area contributed by atoms with Gasteiger partial charge in [0.15, 0.2) is 0 Å². The van der Waals surface area contributed by atoms with E-state index in [4.69, 9.17) is 14.2 Å². The van der Waals surface area contributed by atoms with Crippen LogP contribution in [0.3, 0.4) is 0 Å². The number of rotatable bonds is 9. The van der Waals surface area contributed by atoms with Crippen LogP contribution in [-0.2, 0) is 181 Å². The zero-order valence-electron chi connectivity index (χ0n) is 17.7. The van der Waals surface area contributed by atoms with E-state index in [1.807, 2.05) is 0 Å². The van der Waals surface area contributed by atoms with Crippen LogP contribution in [0.1, 0.15) is 41.5 Å². The molecule has 0 aromatic carbocycles. The molecule has 0 aromatic rings. The average Bonchev–Trinajstić information content (AvgIpc) is 2.52. The van der Waals surface area contributed by atoms with Crippen LogP contribution in [0, 0.1) is 17.8 Å². The van der Waals surface area contributed by atoms with Crippen molar-refractivity contribution in [2.45, 2.75) is 55.8 Å². The molecule has 0 fully saturated rings. The number of ether oxygens (including phenoxy) is 3. The summed E-state index contributed by atoms with van der Waals surface area (Å²) >= 11 is 34.9. The predicted molar refractivity (Wildman–Crippen MR) is 150 cm³/mol. The smallest absolute Gasteiger partial charge is 0.0440 e. The Morgan fingerprint density at radius 3 is 0.633 bits per heavy atom. The fourth-order valence-corrected chi connectivity index (χ4v) is 1.28. The fourth-order valence-electron chi connectivity index (χ4n) is 0.813. The number of hydrogen-bond acceptors (Lipinski definition) is 13. The van der Waals surface area contributed by atoms with Gasteiger partial charge in [0.1, 0.15) is 0 Å². The molecule has 2 radical (unpaired) electrons. The first-order valence-electron chi connectivity index (χ1n) is 7.84. The third-order valence-corrected chi connectivity index (χ3v) is 2.51. The first-order valence-corrected chi connectivity index (χ1v) is 12.0. The second-order valence-electron chi connectivity index (χ2n) is 6.05. The van der Waals surface area contributed by atoms with Crippen molar-refractivity contribution in [2.24, 2.45) is 17.8 Å². The maximum atomic E-state index is 4.93. The summed E-state index contributed by atoms with van der Waals surface area (Å²) in [4.78, 5) is 0. The predicted octanol–water partition coefficient (Wildman–Crippen LogP) is 2.56. The van der Waals surface area contributed by atoms with Gasteiger partial charge in [-0.15, -0.1) is 0 Å². The topological polar surface area (TPSA) is 27.7 Å². The Labute approximate surface area is 271 Å². The van der Waals surface area contributed by atoms with Crippen molar-refractivity contribution in [1.29, 1.82) is 0 Å². The van der Waals surface area contributed by atoms with E-state index >= 15 is 0 Å². The van der Waals surface area contributed by atoms with Gasteiger partial charge in [-0.05, 0) is 17.8 Å². The molecular formula is C15H32O3Re2S10-10. The van der Waals surface area contributed by atoms with Crippen LogP contribution in [-0.4, -0.2) is 34.1 Å². The Morgan fingerprint density at radius 2 is 0.600 bits per heavy atom. The van der Waals surface area contributed by atoms with Gasteiger partial charge in [0.05, 0.1) is 0 Å². The molecule has 0 unspecified atom stereocenters. The Bertz CT molecular complexity index is 195. The normalized spacial score (nSPS) is 9.20. The van der Waals surface area contributed by atoms with E-state index in [9.17, 15) is 0 Å². The summed E-state index contributed by atoms with van der Waals surface area (Å²) in [5.41, 5.74) is 0. The molecule has 0 aromatic heterocycles. The first kappa shape index (κ1) is 55.3. The van der Waals surface area contributed by atoms with E-state index in [2.05, 4.69) is 141 Å². The molecule has 30 heavy (non-hydrogen) atoms. The number of hydrogen-bond donors (Lipinski definition) is 0. The molecule has 0 aliphatic heterocycles. The van der Waals surface area contributed by atoms with E-state index in [-0.39, 0.29) is 67.8 Å². The van der Waals surface area contributed by atoms with Gasteiger partial charge in [-0.3, -0.25) is 0 Å². The molecule has 0 rings (SSSR count). The summed E-state index contributed by atoms with van der Waals surface area (Å²) in [5.74, 6) is 1.59. The molecule has 0 heterocycles. The molecular weight excluding hydrogens is 921 g/mol. The summed E-state index contributed by atoms with van der Waals surface area (Å²) in [6.45, 7) is 14.4. The van der Waals surface area contributed by atoms with Crippen LogP contribution in [0.15, 0.2) is 0 Å². The third kappa shape index (κ3) is 84.7. The van der Waals surface area contributed by atoms with E-state index in [1.165, 1.54) is 0 Å². The van der Waals surface area contributed by atoms with Gasteiger partial charge in [0.2, 0.25) is 0 Å². The molecule has 0 aliphatic carbocycles. The molecule has 0 aliphatic rings. The van der Waals surface area contributed by atoms with Gasteiger partial charge < -0.3 is 140 Å². The summed E-state index contributed by atoms with van der Waals surface area (Å²) in [6, 6.07) is 0. The van der Waals surface area contributed by atoms with E-state index in [0.717, 1.165) is 0 Å². The molecule has 3 nitrogen and oxygen atoms in total. The Hall–Kier alpha value is 4.70. The van der Waals surface area contributed by atoms with Crippen LogP contribution in [0.2, 0.25) is 0 Å². The summed E-state index contributed by atoms with van der Waals surface area (Å²) < 4.78 is 13.5. The molecule has 0 atom stereocenters. The van der Waals surface area contributed by atoms with Gasteiger partial charge in [-0.1, -0.05) is 41.5 Å². The van der Waals surface area contributed by atoms with E-state index < -0.39 is 14.3 Å². The monoisotopic (exact) mass is 954 g/mol. The van der Waals surface area contributed by atoms with Crippen molar-refractivity contribution < 1.29 is 55.1 Å². The van der Waals surface area contributed by atoms with Crippen LogP contribution in [0.25, 0.3) is 0 Å². The molecule has 0 N–H and O–H groups in total. The molecule has 194 valence electrons. The van der Waals surface area contributed by atoms with Crippen molar-refractivity contribution in [3.8, 4) is 0 Å². The fraction of sp³-hybridized carbons (Fsp3) is 1.00. The van der Waals surface area contributed by atoms with Gasteiger partial charge in [0, 0.05) is 60.7 Å². The first-order chi connectivity index (χ1) is 11.9. The zero-order chi connectivity index (χ0) is 21.7. The Kier molecular flexibility index (Phi) is 80.6. The van der Waals surface area contributed by atoms with Gasteiger partial charge in [-0.25, -0.2) is 0 Å². The van der Waals surface area contributed by atoms with Crippen LogP contribution in [0.5, 0.6) is 0 Å². The molecule has 0 amide bonds. The maximum absolute atomic E-state index is 4.93. The average molecular weight is 954 g/mol. The van der Waals surface area contributed by atoms with Gasteiger partial charge >= 0.3 is 0 Å². The van der Waals surface area contributed by atoms with Crippen LogP contribution < -0.4 is 0 Å². The van der Waals surface area contributed by atoms with Crippen LogP contribution in [0.4, 0.5) is 0 Å². The van der Waals surface area contributed by atoms with Gasteiger partial charge in [-0.2, -0.15) is 14.3 Å². The standard InChI is InChI=1S/3C5H12OS2.2Re.S2.2H2S/c3*1-4(2)3-6-5(7)8;;;1-2;;/h3*4-5,7-8H,3H2,1-2H3;;;;2*1H2/q;;;;;-2;;/p-8. The minimum atomic E-state index is -0.447. The van der Waals surface area contributed by atoms with E-state index in [0.29, 0.717) is 37.6 Å². The van der Waals surface area contributed by atoms with Crippen molar-refractivity contribution >= 4 is 126 Å². The second kappa shape index (κ2) is 43.8. The molecule has 15 heteroatoms. The van der Waals surface area contributed by atoms with Crippen molar-refractivity contribution in [1.82, 2.24) is 0 Å². The Balaban J connectivity index is -0.0000000363. The van der Waals surface area contributed by atoms with Crippen molar-refractivity contribution in [2.75, 3.05) is 19.8 Å².